The van der Waals surface area contributed by atoms with E-state index in [9.17, 15) is 9.59 Å². The van der Waals surface area contributed by atoms with Gasteiger partial charge in [-0.25, -0.2) is 0 Å². The first-order valence-corrected chi connectivity index (χ1v) is 8.97. The Balaban J connectivity index is 1.36. The van der Waals surface area contributed by atoms with E-state index in [4.69, 9.17) is 4.74 Å². The van der Waals surface area contributed by atoms with Crippen LogP contribution in [0.15, 0.2) is 24.3 Å². The number of rotatable bonds is 2. The van der Waals surface area contributed by atoms with Gasteiger partial charge in [0.15, 0.2) is 5.78 Å². The van der Waals surface area contributed by atoms with Crippen molar-refractivity contribution >= 4 is 11.8 Å². The molecule has 1 unspecified atom stereocenters. The van der Waals surface area contributed by atoms with Crippen LogP contribution in [0.3, 0.4) is 0 Å². The van der Waals surface area contributed by atoms with E-state index in [-0.39, 0.29) is 17.4 Å². The molecule has 23 heavy (non-hydrogen) atoms. The molecule has 0 heterocycles. The first kappa shape index (κ1) is 13.8. The number of fused-ring (bicyclic) bond motifs is 1. The summed E-state index contributed by atoms with van der Waals surface area (Å²) in [6, 6.07) is 7.57. The van der Waals surface area contributed by atoms with Crippen molar-refractivity contribution in [3.63, 3.8) is 0 Å². The predicted molar refractivity (Wildman–Crippen MR) is 85.0 cm³/mol. The molecule has 5 aliphatic carbocycles. The SMILES string of the molecule is O=C(OC12CC3CC(CC(C3)C1)C2)C1Cc2ccccc2C1=O. The largest absolute Gasteiger partial charge is 0.458 e. The van der Waals surface area contributed by atoms with Crippen LogP contribution in [0.2, 0.25) is 0 Å². The van der Waals surface area contributed by atoms with Gasteiger partial charge in [-0.3, -0.25) is 9.59 Å². The van der Waals surface area contributed by atoms with Crippen LogP contribution in [0.5, 0.6) is 0 Å². The summed E-state index contributed by atoms with van der Waals surface area (Å²) in [5.74, 6) is 1.30. The Morgan fingerprint density at radius 1 is 1.00 bits per heavy atom. The van der Waals surface area contributed by atoms with Crippen molar-refractivity contribution in [2.75, 3.05) is 0 Å². The standard InChI is InChI=1S/C20H22O3/c21-18-16-4-2-1-3-15(16)8-17(18)19(22)23-20-9-12-5-13(10-20)7-14(6-12)11-20/h1-4,12-14,17H,5-11H2. The molecule has 4 fully saturated rings. The lowest BCUT2D eigenvalue weighted by Gasteiger charge is -2.55. The minimum absolute atomic E-state index is 0.0460. The molecule has 1 aromatic rings. The van der Waals surface area contributed by atoms with Gasteiger partial charge in [0.05, 0.1) is 0 Å². The number of hydrogen-bond acceptors (Lipinski definition) is 3. The van der Waals surface area contributed by atoms with E-state index < -0.39 is 5.92 Å². The van der Waals surface area contributed by atoms with E-state index in [1.54, 1.807) is 0 Å². The summed E-state index contributed by atoms with van der Waals surface area (Å²) in [4.78, 5) is 25.3. The molecule has 120 valence electrons. The lowest BCUT2D eigenvalue weighted by Crippen LogP contribution is -2.53. The molecule has 0 amide bonds. The molecule has 5 aliphatic rings. The Morgan fingerprint density at radius 2 is 1.61 bits per heavy atom. The van der Waals surface area contributed by atoms with E-state index >= 15 is 0 Å². The zero-order valence-corrected chi connectivity index (χ0v) is 13.3. The van der Waals surface area contributed by atoms with Crippen LogP contribution in [0.4, 0.5) is 0 Å². The first-order valence-electron chi connectivity index (χ1n) is 8.97. The van der Waals surface area contributed by atoms with Gasteiger partial charge in [0.1, 0.15) is 11.5 Å². The molecular weight excluding hydrogens is 288 g/mol. The quantitative estimate of drug-likeness (QED) is 0.620. The first-order chi connectivity index (χ1) is 11.1. The molecule has 1 aromatic carbocycles. The molecule has 0 spiro atoms. The third-order valence-corrected chi connectivity index (χ3v) is 6.61. The second kappa shape index (κ2) is 4.68. The van der Waals surface area contributed by atoms with Crippen molar-refractivity contribution in [1.29, 1.82) is 0 Å². The van der Waals surface area contributed by atoms with Gasteiger partial charge in [-0.15, -0.1) is 0 Å². The Bertz CT molecular complexity index is 655. The molecule has 1 atom stereocenters. The van der Waals surface area contributed by atoms with Crippen LogP contribution >= 0.6 is 0 Å². The molecule has 0 radical (unpaired) electrons. The third kappa shape index (κ3) is 2.09. The summed E-state index contributed by atoms with van der Waals surface area (Å²) >= 11 is 0. The number of carbonyl (C=O) groups excluding carboxylic acids is 2. The third-order valence-electron chi connectivity index (χ3n) is 6.61. The smallest absolute Gasteiger partial charge is 0.317 e. The Labute approximate surface area is 136 Å². The lowest BCUT2D eigenvalue weighted by atomic mass is 9.54. The van der Waals surface area contributed by atoms with Crippen LogP contribution < -0.4 is 0 Å². The molecular formula is C20H22O3. The highest BCUT2D eigenvalue weighted by Gasteiger charge is 2.54. The zero-order chi connectivity index (χ0) is 15.6. The average Bonchev–Trinajstić information content (AvgIpc) is 2.83. The number of benzene rings is 1. The average molecular weight is 310 g/mol. The van der Waals surface area contributed by atoms with Crippen molar-refractivity contribution in [3.8, 4) is 0 Å². The van der Waals surface area contributed by atoms with Crippen LogP contribution in [0.1, 0.15) is 54.4 Å². The fraction of sp³-hybridized carbons (Fsp3) is 0.600. The number of carbonyl (C=O) groups is 2. The molecule has 0 N–H and O–H groups in total. The van der Waals surface area contributed by atoms with Crippen LogP contribution in [0, 0.1) is 23.7 Å². The van der Waals surface area contributed by atoms with Crippen molar-refractivity contribution in [3.05, 3.63) is 35.4 Å². The predicted octanol–water partition coefficient (Wildman–Crippen LogP) is 3.55. The van der Waals surface area contributed by atoms with Crippen LogP contribution in [-0.4, -0.2) is 17.4 Å². The summed E-state index contributed by atoms with van der Waals surface area (Å²) in [7, 11) is 0. The Hall–Kier alpha value is -1.64. The Kier molecular flexibility index (Phi) is 2.80. The summed E-state index contributed by atoms with van der Waals surface area (Å²) in [5, 5.41) is 0. The summed E-state index contributed by atoms with van der Waals surface area (Å²) < 4.78 is 6.08. The summed E-state index contributed by atoms with van der Waals surface area (Å²) in [6.07, 6.45) is 7.57. The number of Topliss-reactive ketones (excluding diaryl/α,β-unsaturated/α-hetero) is 1. The fourth-order valence-corrected chi connectivity index (χ4v) is 6.07. The number of ketones is 1. The van der Waals surface area contributed by atoms with E-state index in [0.717, 1.165) is 42.6 Å². The van der Waals surface area contributed by atoms with Crippen molar-refractivity contribution < 1.29 is 14.3 Å². The van der Waals surface area contributed by atoms with Gasteiger partial charge in [-0.1, -0.05) is 24.3 Å². The van der Waals surface area contributed by atoms with Gasteiger partial charge < -0.3 is 4.74 Å². The molecule has 0 aromatic heterocycles. The van der Waals surface area contributed by atoms with E-state index in [1.807, 2.05) is 24.3 Å². The molecule has 0 saturated heterocycles. The second-order valence-electron chi connectivity index (χ2n) is 8.30. The monoisotopic (exact) mass is 310 g/mol. The normalized spacial score (nSPS) is 40.3. The molecule has 6 rings (SSSR count). The zero-order valence-electron chi connectivity index (χ0n) is 13.3. The maximum absolute atomic E-state index is 12.8. The van der Waals surface area contributed by atoms with Crippen molar-refractivity contribution in [1.82, 2.24) is 0 Å². The van der Waals surface area contributed by atoms with Gasteiger partial charge in [-0.2, -0.15) is 0 Å². The van der Waals surface area contributed by atoms with Gasteiger partial charge in [0, 0.05) is 5.56 Å². The Morgan fingerprint density at radius 3 is 2.22 bits per heavy atom. The number of hydrogen-bond donors (Lipinski definition) is 0. The van der Waals surface area contributed by atoms with E-state index in [2.05, 4.69) is 0 Å². The van der Waals surface area contributed by atoms with E-state index in [1.165, 1.54) is 19.3 Å². The minimum Gasteiger partial charge on any atom is -0.458 e. The highest BCUT2D eigenvalue weighted by atomic mass is 16.6. The minimum atomic E-state index is -0.611. The number of ether oxygens (including phenoxy) is 1. The molecule has 3 heteroatoms. The topological polar surface area (TPSA) is 43.4 Å². The lowest BCUT2D eigenvalue weighted by molar-refractivity contribution is -0.189. The molecule has 0 aliphatic heterocycles. The molecule has 4 saturated carbocycles. The maximum atomic E-state index is 12.8. The van der Waals surface area contributed by atoms with Gasteiger partial charge in [0.2, 0.25) is 0 Å². The highest BCUT2D eigenvalue weighted by molar-refractivity contribution is 6.12. The van der Waals surface area contributed by atoms with Crippen LogP contribution in [-0.2, 0) is 16.0 Å². The number of esters is 1. The highest BCUT2D eigenvalue weighted by Crippen LogP contribution is 2.57. The second-order valence-corrected chi connectivity index (χ2v) is 8.30. The van der Waals surface area contributed by atoms with Gasteiger partial charge in [-0.05, 0) is 68.3 Å². The van der Waals surface area contributed by atoms with Gasteiger partial charge >= 0.3 is 5.97 Å². The molecule has 4 bridgehead atoms. The van der Waals surface area contributed by atoms with Crippen molar-refractivity contribution in [2.24, 2.45) is 23.7 Å². The van der Waals surface area contributed by atoms with E-state index in [0.29, 0.717) is 12.0 Å². The summed E-state index contributed by atoms with van der Waals surface area (Å²) in [6.45, 7) is 0. The molecule has 3 nitrogen and oxygen atoms in total. The maximum Gasteiger partial charge on any atom is 0.317 e. The fourth-order valence-electron chi connectivity index (χ4n) is 6.07. The van der Waals surface area contributed by atoms with Gasteiger partial charge in [0.25, 0.3) is 0 Å². The summed E-state index contributed by atoms with van der Waals surface area (Å²) in [5.41, 5.74) is 1.45. The van der Waals surface area contributed by atoms with Crippen LogP contribution in [0.25, 0.3) is 0 Å². The van der Waals surface area contributed by atoms with Crippen molar-refractivity contribution in [2.45, 2.75) is 50.5 Å².